The third kappa shape index (κ3) is 8.99. The van der Waals surface area contributed by atoms with Gasteiger partial charge in [-0.15, -0.1) is 23.2 Å². The molecule has 0 saturated heterocycles. The van der Waals surface area contributed by atoms with Crippen LogP contribution in [0.1, 0.15) is 13.3 Å². The van der Waals surface area contributed by atoms with Gasteiger partial charge in [-0.05, 0) is 6.92 Å². The van der Waals surface area contributed by atoms with Crippen LogP contribution in [-0.2, 0) is 13.6 Å². The zero-order valence-electron chi connectivity index (χ0n) is 7.80. The van der Waals surface area contributed by atoms with E-state index in [1.54, 1.807) is 0 Å². The minimum Gasteiger partial charge on any atom is -0.398 e. The van der Waals surface area contributed by atoms with E-state index in [4.69, 9.17) is 36.8 Å². The Kier molecular flexibility index (Phi) is 11.3. The lowest BCUT2D eigenvalue weighted by atomic mass is 10.5. The highest BCUT2D eigenvalue weighted by Gasteiger charge is 2.07. The van der Waals surface area contributed by atoms with Gasteiger partial charge >= 0.3 is 10.0 Å². The van der Waals surface area contributed by atoms with Crippen LogP contribution >= 0.6 is 23.2 Å². The summed E-state index contributed by atoms with van der Waals surface area (Å²) in [6, 6.07) is 0. The Morgan fingerprint density at radius 1 is 1.31 bits per heavy atom. The van der Waals surface area contributed by atoms with Crippen LogP contribution in [-0.4, -0.2) is 41.3 Å². The number of alkyl halides is 2. The smallest absolute Gasteiger partial charge is 0.306 e. The molecule has 0 aromatic rings. The lowest BCUT2D eigenvalue weighted by molar-refractivity contribution is -0.0841. The number of halogens is 2. The molecule has 6 heteroatoms. The average Bonchev–Trinajstić information content (AvgIpc) is 2.13. The predicted octanol–water partition coefficient (Wildman–Crippen LogP) is 1.25. The van der Waals surface area contributed by atoms with Gasteiger partial charge in [0, 0.05) is 31.4 Å². The molecule has 0 aliphatic rings. The van der Waals surface area contributed by atoms with Gasteiger partial charge in [0.2, 0.25) is 0 Å². The fourth-order valence-electron chi connectivity index (χ4n) is 0.727. The Labute approximate surface area is 91.7 Å². The maximum absolute atomic E-state index is 5.57. The highest BCUT2D eigenvalue weighted by atomic mass is 35.5. The first kappa shape index (κ1) is 13.7. The van der Waals surface area contributed by atoms with Crippen LogP contribution in [0.15, 0.2) is 0 Å². The molecule has 1 atom stereocenters. The molecule has 3 nitrogen and oxygen atoms in total. The molecule has 0 spiro atoms. The molecule has 0 saturated carbocycles. The van der Waals surface area contributed by atoms with E-state index in [9.17, 15) is 0 Å². The van der Waals surface area contributed by atoms with Crippen molar-refractivity contribution in [3.05, 3.63) is 0 Å². The predicted molar refractivity (Wildman–Crippen MR) is 57.1 cm³/mol. The second-order valence-electron chi connectivity index (χ2n) is 2.24. The van der Waals surface area contributed by atoms with E-state index in [1.807, 2.05) is 6.92 Å². The van der Waals surface area contributed by atoms with Crippen LogP contribution in [0.25, 0.3) is 0 Å². The normalized spacial score (nSPS) is 14.1. The van der Waals surface area contributed by atoms with E-state index < -0.39 is 10.0 Å². The Balaban J connectivity index is 3.33. The lowest BCUT2D eigenvalue weighted by Gasteiger charge is -2.16. The fraction of sp³-hybridized carbons (Fsp3) is 1.00. The maximum Gasteiger partial charge on any atom is 0.306 e. The second-order valence-corrected chi connectivity index (χ2v) is 3.98. The molecule has 1 unspecified atom stereocenters. The minimum absolute atomic E-state index is 0.204. The second kappa shape index (κ2) is 10.8. The number of ether oxygens (including phenoxy) is 1. The molecule has 13 heavy (non-hydrogen) atoms. The third-order valence-electron chi connectivity index (χ3n) is 1.26. The summed E-state index contributed by atoms with van der Waals surface area (Å²) in [6.45, 7) is 3.10. The molecule has 0 aromatic carbocycles. The summed E-state index contributed by atoms with van der Waals surface area (Å²) < 4.78 is 15.8. The summed E-state index contributed by atoms with van der Waals surface area (Å²) in [5.74, 6) is 1.04. The van der Waals surface area contributed by atoms with Crippen LogP contribution in [0.4, 0.5) is 0 Å². The van der Waals surface area contributed by atoms with Crippen LogP contribution in [0.2, 0.25) is 0 Å². The maximum atomic E-state index is 5.57. The van der Waals surface area contributed by atoms with Gasteiger partial charge in [-0.1, -0.05) is 0 Å². The van der Waals surface area contributed by atoms with Gasteiger partial charge in [-0.25, -0.2) is 0 Å². The van der Waals surface area contributed by atoms with Crippen molar-refractivity contribution in [3.8, 4) is 0 Å². The monoisotopic (exact) mass is 246 g/mol. The van der Waals surface area contributed by atoms with E-state index in [1.165, 1.54) is 0 Å². The van der Waals surface area contributed by atoms with Crippen LogP contribution in [0, 0.1) is 0 Å². The van der Waals surface area contributed by atoms with E-state index in [0.29, 0.717) is 31.4 Å². The molecule has 80 valence electrons. The van der Waals surface area contributed by atoms with E-state index in [2.05, 4.69) is 0 Å². The molecular weight excluding hydrogens is 231 g/mol. The van der Waals surface area contributed by atoms with Crippen molar-refractivity contribution in [2.24, 2.45) is 0 Å². The summed E-state index contributed by atoms with van der Waals surface area (Å²) in [5.41, 5.74) is 0. The third-order valence-corrected chi connectivity index (χ3v) is 2.59. The molecule has 0 aliphatic heterocycles. The average molecular weight is 247 g/mol. The summed E-state index contributed by atoms with van der Waals surface area (Å²) in [7, 11) is -0.956. The van der Waals surface area contributed by atoms with Gasteiger partial charge in [0.15, 0.2) is 0 Å². The highest BCUT2D eigenvalue weighted by Crippen LogP contribution is 2.01. The molecule has 0 aromatic heterocycles. The van der Waals surface area contributed by atoms with E-state index >= 15 is 0 Å². The zero-order chi connectivity index (χ0) is 9.94. The lowest BCUT2D eigenvalue weighted by Crippen LogP contribution is -2.22. The number of rotatable bonds is 9. The van der Waals surface area contributed by atoms with Crippen LogP contribution < -0.4 is 0 Å². The molecule has 0 aliphatic carbocycles. The summed E-state index contributed by atoms with van der Waals surface area (Å²) >= 11 is 11.0. The first-order valence-electron chi connectivity index (χ1n) is 4.28. The Hall–Kier alpha value is 0.677. The summed E-state index contributed by atoms with van der Waals surface area (Å²) in [5, 5.41) is 0. The minimum atomic E-state index is -0.956. The zero-order valence-corrected chi connectivity index (χ0v) is 10.7. The molecule has 0 radical (unpaired) electrons. The highest BCUT2D eigenvalue weighted by molar-refractivity contribution is 6.20. The van der Waals surface area contributed by atoms with Crippen molar-refractivity contribution in [1.29, 1.82) is 0 Å². The fourth-order valence-corrected chi connectivity index (χ4v) is 1.97. The SMILES string of the molecule is CCOC(CCCl)O[SiH2]OCCCl. The van der Waals surface area contributed by atoms with Crippen molar-refractivity contribution in [2.75, 3.05) is 25.0 Å². The van der Waals surface area contributed by atoms with Gasteiger partial charge in [-0.2, -0.15) is 0 Å². The van der Waals surface area contributed by atoms with E-state index in [0.717, 1.165) is 0 Å². The van der Waals surface area contributed by atoms with Gasteiger partial charge in [-0.3, -0.25) is 0 Å². The van der Waals surface area contributed by atoms with Gasteiger partial charge in [0.1, 0.15) is 6.29 Å². The molecule has 0 fully saturated rings. The topological polar surface area (TPSA) is 27.7 Å². The van der Waals surface area contributed by atoms with Crippen molar-refractivity contribution in [3.63, 3.8) is 0 Å². The summed E-state index contributed by atoms with van der Waals surface area (Å²) in [6.07, 6.45) is 0.497. The van der Waals surface area contributed by atoms with Crippen molar-refractivity contribution in [1.82, 2.24) is 0 Å². The first-order chi connectivity index (χ1) is 6.35. The molecular formula is C7H16Cl2O3Si. The molecule has 0 rings (SSSR count). The van der Waals surface area contributed by atoms with Crippen molar-refractivity contribution < 1.29 is 13.6 Å². The van der Waals surface area contributed by atoms with Crippen LogP contribution in [0.3, 0.4) is 0 Å². The molecule has 0 amide bonds. The number of hydrogen-bond acceptors (Lipinski definition) is 3. The molecule has 0 heterocycles. The Morgan fingerprint density at radius 2 is 2.08 bits per heavy atom. The standard InChI is InChI=1S/C7H16Cl2O3Si/c1-2-10-7(3-4-8)12-13-11-6-5-9/h7H,2-6,13H2,1H3. The number of hydrogen-bond donors (Lipinski definition) is 0. The largest absolute Gasteiger partial charge is 0.398 e. The quantitative estimate of drug-likeness (QED) is 0.265. The Bertz CT molecular complexity index is 102. The van der Waals surface area contributed by atoms with Gasteiger partial charge in [0.25, 0.3) is 0 Å². The van der Waals surface area contributed by atoms with Crippen LogP contribution in [0.5, 0.6) is 0 Å². The van der Waals surface area contributed by atoms with Crippen molar-refractivity contribution in [2.45, 2.75) is 19.6 Å². The van der Waals surface area contributed by atoms with E-state index in [-0.39, 0.29) is 6.29 Å². The summed E-state index contributed by atoms with van der Waals surface area (Å²) in [4.78, 5) is 0. The molecule has 0 N–H and O–H groups in total. The molecule has 0 bridgehead atoms. The van der Waals surface area contributed by atoms with Crippen molar-refractivity contribution >= 4 is 33.2 Å². The Morgan fingerprint density at radius 3 is 2.62 bits per heavy atom. The van der Waals surface area contributed by atoms with Gasteiger partial charge < -0.3 is 13.6 Å². The van der Waals surface area contributed by atoms with Gasteiger partial charge in [0.05, 0.1) is 0 Å². The first-order valence-corrected chi connectivity index (χ1v) is 6.50.